The molecule has 1 aromatic carbocycles. The van der Waals surface area contributed by atoms with E-state index < -0.39 is 0 Å². The topological polar surface area (TPSA) is 36.4 Å². The summed E-state index contributed by atoms with van der Waals surface area (Å²) in [5.74, 6) is 0.620. The van der Waals surface area contributed by atoms with Crippen molar-refractivity contribution in [1.82, 2.24) is 10.6 Å². The predicted octanol–water partition coefficient (Wildman–Crippen LogP) is 3.22. The average Bonchev–Trinajstić information content (AvgIpc) is 3.24. The zero-order valence-electron chi connectivity index (χ0n) is 12.4. The quantitative estimate of drug-likeness (QED) is 0.331. The lowest BCUT2D eigenvalue weighted by atomic mass is 9.96. The fourth-order valence-corrected chi connectivity index (χ4v) is 2.23. The first-order valence-corrected chi connectivity index (χ1v) is 7.09. The molecule has 0 bridgehead atoms. The minimum atomic E-state index is -0.186. The average molecular weight is 403 g/mol. The summed E-state index contributed by atoms with van der Waals surface area (Å²) < 4.78 is 13.0. The minimum absolute atomic E-state index is 0. The number of rotatable bonds is 6. The van der Waals surface area contributed by atoms with Gasteiger partial charge in [0.25, 0.3) is 0 Å². The van der Waals surface area contributed by atoms with Gasteiger partial charge in [0.2, 0.25) is 0 Å². The van der Waals surface area contributed by atoms with Crippen molar-refractivity contribution in [3.05, 3.63) is 48.3 Å². The Morgan fingerprint density at radius 3 is 2.52 bits per heavy atom. The van der Waals surface area contributed by atoms with Gasteiger partial charge in [-0.15, -0.1) is 30.6 Å². The molecule has 3 nitrogen and oxygen atoms in total. The Balaban J connectivity index is 0.00000220. The molecule has 2 N–H and O–H groups in total. The summed E-state index contributed by atoms with van der Waals surface area (Å²) in [6.45, 7) is 7.97. The number of nitrogens with one attached hydrogen (secondary N) is 2. The molecule has 1 aromatic rings. The van der Waals surface area contributed by atoms with Gasteiger partial charge < -0.3 is 10.6 Å². The van der Waals surface area contributed by atoms with Gasteiger partial charge in [0.15, 0.2) is 5.96 Å². The number of aliphatic imine (C=N–C) groups is 1. The van der Waals surface area contributed by atoms with Crippen LogP contribution in [0.3, 0.4) is 0 Å². The van der Waals surface area contributed by atoms with Gasteiger partial charge >= 0.3 is 0 Å². The van der Waals surface area contributed by atoms with Crippen LogP contribution in [0.1, 0.15) is 25.3 Å². The van der Waals surface area contributed by atoms with Crippen molar-refractivity contribution in [2.75, 3.05) is 19.6 Å². The van der Waals surface area contributed by atoms with E-state index in [4.69, 9.17) is 0 Å². The third-order valence-electron chi connectivity index (χ3n) is 3.61. The standard InChI is InChI=1S/C16H22FN3.HI/c1-3-11-19-15(18-4-2)20-12-16(9-10-16)13-5-7-14(17)8-6-13;/h3,5-8H,1,4,9-12H2,2H3,(H2,18,19,20);1H. The van der Waals surface area contributed by atoms with E-state index in [1.807, 2.05) is 19.1 Å². The maximum atomic E-state index is 13.0. The number of nitrogens with zero attached hydrogens (tertiary/aromatic N) is 1. The van der Waals surface area contributed by atoms with Crippen molar-refractivity contribution >= 4 is 29.9 Å². The van der Waals surface area contributed by atoms with Crippen LogP contribution in [0.25, 0.3) is 0 Å². The van der Waals surface area contributed by atoms with Crippen LogP contribution < -0.4 is 10.6 Å². The van der Waals surface area contributed by atoms with Gasteiger partial charge in [0, 0.05) is 18.5 Å². The van der Waals surface area contributed by atoms with E-state index >= 15 is 0 Å². The highest BCUT2D eigenvalue weighted by Gasteiger charge is 2.44. The summed E-state index contributed by atoms with van der Waals surface area (Å²) in [6.07, 6.45) is 4.03. The van der Waals surface area contributed by atoms with Crippen LogP contribution in [0, 0.1) is 5.82 Å². The first-order chi connectivity index (χ1) is 9.70. The predicted molar refractivity (Wildman–Crippen MR) is 96.9 cm³/mol. The third-order valence-corrected chi connectivity index (χ3v) is 3.61. The molecule has 0 amide bonds. The molecule has 0 saturated heterocycles. The van der Waals surface area contributed by atoms with E-state index in [9.17, 15) is 4.39 Å². The molecule has 1 fully saturated rings. The van der Waals surface area contributed by atoms with Gasteiger partial charge in [-0.25, -0.2) is 4.39 Å². The molecule has 0 aromatic heterocycles. The van der Waals surface area contributed by atoms with E-state index in [-0.39, 0.29) is 35.2 Å². The number of hydrogen-bond acceptors (Lipinski definition) is 1. The Hall–Kier alpha value is -1.11. The van der Waals surface area contributed by atoms with Gasteiger partial charge in [-0.3, -0.25) is 4.99 Å². The molecular formula is C16H23FIN3. The number of halogens is 2. The number of benzene rings is 1. The van der Waals surface area contributed by atoms with Crippen LogP contribution in [-0.4, -0.2) is 25.6 Å². The maximum Gasteiger partial charge on any atom is 0.191 e. The molecule has 0 atom stereocenters. The molecule has 1 aliphatic carbocycles. The van der Waals surface area contributed by atoms with Crippen LogP contribution in [0.2, 0.25) is 0 Å². The van der Waals surface area contributed by atoms with Crippen LogP contribution in [0.15, 0.2) is 41.9 Å². The fraction of sp³-hybridized carbons (Fsp3) is 0.438. The summed E-state index contributed by atoms with van der Waals surface area (Å²) >= 11 is 0. The Bertz CT molecular complexity index is 481. The van der Waals surface area contributed by atoms with Crippen molar-refractivity contribution in [3.63, 3.8) is 0 Å². The van der Waals surface area contributed by atoms with Crippen molar-refractivity contribution in [2.45, 2.75) is 25.2 Å². The maximum absolute atomic E-state index is 13.0. The molecule has 1 saturated carbocycles. The van der Waals surface area contributed by atoms with E-state index in [1.165, 1.54) is 17.7 Å². The van der Waals surface area contributed by atoms with E-state index in [0.29, 0.717) is 6.54 Å². The summed E-state index contributed by atoms with van der Waals surface area (Å²) in [7, 11) is 0. The minimum Gasteiger partial charge on any atom is -0.357 e. The third kappa shape index (κ3) is 4.98. The smallest absolute Gasteiger partial charge is 0.191 e. The number of guanidine groups is 1. The fourth-order valence-electron chi connectivity index (χ4n) is 2.23. The second kappa shape index (κ2) is 8.36. The van der Waals surface area contributed by atoms with E-state index in [1.54, 1.807) is 6.08 Å². The van der Waals surface area contributed by atoms with Crippen molar-refractivity contribution in [3.8, 4) is 0 Å². The second-order valence-electron chi connectivity index (χ2n) is 5.15. The van der Waals surface area contributed by atoms with Gasteiger partial charge in [-0.2, -0.15) is 0 Å². The number of hydrogen-bond donors (Lipinski definition) is 2. The molecule has 116 valence electrons. The molecule has 0 unspecified atom stereocenters. The molecule has 5 heteroatoms. The zero-order valence-corrected chi connectivity index (χ0v) is 14.7. The highest BCUT2D eigenvalue weighted by molar-refractivity contribution is 14.0. The Labute approximate surface area is 143 Å². The highest BCUT2D eigenvalue weighted by Crippen LogP contribution is 2.48. The summed E-state index contributed by atoms with van der Waals surface area (Å²) in [6, 6.07) is 6.81. The largest absolute Gasteiger partial charge is 0.357 e. The first-order valence-electron chi connectivity index (χ1n) is 7.09. The molecule has 0 radical (unpaired) electrons. The molecule has 1 aliphatic rings. The molecule has 21 heavy (non-hydrogen) atoms. The van der Waals surface area contributed by atoms with Crippen LogP contribution in [0.5, 0.6) is 0 Å². The second-order valence-corrected chi connectivity index (χ2v) is 5.15. The van der Waals surface area contributed by atoms with Crippen molar-refractivity contribution in [1.29, 1.82) is 0 Å². The molecule has 0 heterocycles. The van der Waals surface area contributed by atoms with Gasteiger partial charge in [0.1, 0.15) is 5.82 Å². The summed E-state index contributed by atoms with van der Waals surface area (Å²) in [5.41, 5.74) is 1.28. The first kappa shape index (κ1) is 17.9. The van der Waals surface area contributed by atoms with Gasteiger partial charge in [-0.05, 0) is 37.5 Å². The van der Waals surface area contributed by atoms with Gasteiger partial charge in [-0.1, -0.05) is 18.2 Å². The SMILES string of the molecule is C=CCNC(=NCC1(c2ccc(F)cc2)CC1)NCC.I. The van der Waals surface area contributed by atoms with E-state index in [2.05, 4.69) is 22.2 Å². The summed E-state index contributed by atoms with van der Waals surface area (Å²) in [4.78, 5) is 4.64. The van der Waals surface area contributed by atoms with Crippen molar-refractivity contribution in [2.24, 2.45) is 4.99 Å². The normalized spacial score (nSPS) is 15.8. The van der Waals surface area contributed by atoms with Crippen LogP contribution >= 0.6 is 24.0 Å². The Morgan fingerprint density at radius 2 is 2.00 bits per heavy atom. The van der Waals surface area contributed by atoms with E-state index in [0.717, 1.165) is 31.9 Å². The van der Waals surface area contributed by atoms with Crippen LogP contribution in [-0.2, 0) is 5.41 Å². The summed E-state index contributed by atoms with van der Waals surface area (Å²) in [5, 5.41) is 6.40. The molecular weight excluding hydrogens is 380 g/mol. The lowest BCUT2D eigenvalue weighted by Gasteiger charge is -2.15. The van der Waals surface area contributed by atoms with Crippen molar-refractivity contribution < 1.29 is 4.39 Å². The highest BCUT2D eigenvalue weighted by atomic mass is 127. The van der Waals surface area contributed by atoms with Gasteiger partial charge in [0.05, 0.1) is 6.54 Å². The Morgan fingerprint density at radius 1 is 1.33 bits per heavy atom. The zero-order chi connectivity index (χ0) is 14.4. The monoisotopic (exact) mass is 403 g/mol. The van der Waals surface area contributed by atoms with Crippen LogP contribution in [0.4, 0.5) is 4.39 Å². The molecule has 2 rings (SSSR count). The molecule has 0 aliphatic heterocycles. The lowest BCUT2D eigenvalue weighted by Crippen LogP contribution is -2.38. The molecule has 0 spiro atoms. The lowest BCUT2D eigenvalue weighted by molar-refractivity contribution is 0.623. The Kier molecular flexibility index (Phi) is 7.14.